The molecule has 2 aliphatic heterocycles. The van der Waals surface area contributed by atoms with E-state index < -0.39 is 35.6 Å². The highest BCUT2D eigenvalue weighted by Gasteiger charge is 2.46. The molecule has 5 rings (SSSR count). The number of amides is 4. The quantitative estimate of drug-likeness (QED) is 0.405. The van der Waals surface area contributed by atoms with Crippen molar-refractivity contribution >= 4 is 35.0 Å². The van der Waals surface area contributed by atoms with Crippen LogP contribution in [-0.4, -0.2) is 65.7 Å². The maximum atomic E-state index is 13.6. The van der Waals surface area contributed by atoms with Crippen LogP contribution in [0.25, 0.3) is 0 Å². The molecule has 11 heteroatoms. The highest BCUT2D eigenvalue weighted by atomic mass is 19.3. The molecule has 2 aliphatic carbocycles. The number of piperidine rings is 1. The number of nitrogens with one attached hydrogen (secondary N) is 2. The van der Waals surface area contributed by atoms with Gasteiger partial charge in [-0.05, 0) is 44.2 Å². The van der Waals surface area contributed by atoms with Gasteiger partial charge in [0.15, 0.2) is 0 Å². The Hall–Kier alpha value is -3.08. The van der Waals surface area contributed by atoms with Crippen molar-refractivity contribution in [3.05, 3.63) is 23.3 Å². The van der Waals surface area contributed by atoms with E-state index >= 15 is 0 Å². The molecule has 1 aromatic carbocycles. The van der Waals surface area contributed by atoms with Crippen LogP contribution in [0.3, 0.4) is 0 Å². The topological polar surface area (TPSA) is 125 Å². The Morgan fingerprint density at radius 2 is 1.73 bits per heavy atom. The molecule has 1 saturated heterocycles. The number of carbonyl (C=O) groups is 4. The summed E-state index contributed by atoms with van der Waals surface area (Å²) in [6, 6.07) is 2.39. The third kappa shape index (κ3) is 4.69. The Labute approximate surface area is 214 Å². The Morgan fingerprint density at radius 1 is 1.03 bits per heavy atom. The number of likely N-dealkylation sites (N-methyl/N-ethyl adjacent to an activating group) is 1. The van der Waals surface area contributed by atoms with Crippen LogP contribution in [0.2, 0.25) is 0 Å². The minimum Gasteiger partial charge on any atom is -0.396 e. The molecule has 200 valence electrons. The molecule has 3 atom stereocenters. The zero-order chi connectivity index (χ0) is 26.5. The van der Waals surface area contributed by atoms with E-state index in [4.69, 9.17) is 5.73 Å². The Bertz CT molecular complexity index is 1130. The average molecular weight is 518 g/mol. The van der Waals surface area contributed by atoms with Crippen molar-refractivity contribution in [2.45, 2.75) is 94.3 Å². The first-order valence-corrected chi connectivity index (χ1v) is 13.1. The van der Waals surface area contributed by atoms with E-state index in [-0.39, 0.29) is 60.6 Å². The van der Waals surface area contributed by atoms with Gasteiger partial charge in [-0.25, -0.2) is 8.78 Å². The molecular weight excluding hydrogens is 484 g/mol. The van der Waals surface area contributed by atoms with Gasteiger partial charge in [-0.2, -0.15) is 0 Å². The third-order valence-corrected chi connectivity index (χ3v) is 8.40. The number of benzene rings is 1. The lowest BCUT2D eigenvalue weighted by atomic mass is 9.86. The molecule has 3 fully saturated rings. The molecule has 4 N–H and O–H groups in total. The van der Waals surface area contributed by atoms with E-state index in [0.29, 0.717) is 18.5 Å². The highest BCUT2D eigenvalue weighted by molar-refractivity contribution is 6.26. The first-order chi connectivity index (χ1) is 17.6. The second-order valence-electron chi connectivity index (χ2n) is 10.7. The van der Waals surface area contributed by atoms with Crippen LogP contribution in [0.5, 0.6) is 0 Å². The van der Waals surface area contributed by atoms with E-state index in [9.17, 15) is 28.0 Å². The van der Waals surface area contributed by atoms with Gasteiger partial charge in [0.2, 0.25) is 17.7 Å². The molecule has 37 heavy (non-hydrogen) atoms. The van der Waals surface area contributed by atoms with Crippen molar-refractivity contribution in [2.24, 2.45) is 0 Å². The van der Waals surface area contributed by atoms with Gasteiger partial charge < -0.3 is 16.0 Å². The summed E-state index contributed by atoms with van der Waals surface area (Å²) in [5, 5.41) is 5.82. The number of imide groups is 2. The van der Waals surface area contributed by atoms with Crippen LogP contribution >= 0.6 is 0 Å². The fraction of sp³-hybridized carbons (Fsp3) is 0.615. The van der Waals surface area contributed by atoms with Crippen molar-refractivity contribution in [1.29, 1.82) is 0 Å². The fourth-order valence-electron chi connectivity index (χ4n) is 6.34. The molecular formula is C26H33F2N5O4. The van der Waals surface area contributed by atoms with E-state index in [1.165, 1.54) is 0 Å². The second kappa shape index (κ2) is 9.66. The third-order valence-electron chi connectivity index (χ3n) is 8.40. The monoisotopic (exact) mass is 517 g/mol. The summed E-state index contributed by atoms with van der Waals surface area (Å²) in [5.74, 6) is -4.91. The number of rotatable bonds is 5. The number of hydrogen-bond donors (Lipinski definition) is 3. The zero-order valence-corrected chi connectivity index (χ0v) is 20.9. The van der Waals surface area contributed by atoms with Gasteiger partial charge >= 0.3 is 0 Å². The first kappa shape index (κ1) is 25.6. The number of carbonyl (C=O) groups excluding carboxylic acids is 4. The Kier molecular flexibility index (Phi) is 6.68. The van der Waals surface area contributed by atoms with Crippen LogP contribution in [0, 0.1) is 0 Å². The number of hydrogen-bond acceptors (Lipinski definition) is 7. The molecule has 4 amide bonds. The van der Waals surface area contributed by atoms with Crippen LogP contribution in [0.15, 0.2) is 12.1 Å². The predicted octanol–water partition coefficient (Wildman–Crippen LogP) is 2.58. The second-order valence-corrected chi connectivity index (χ2v) is 10.7. The fourth-order valence-corrected chi connectivity index (χ4v) is 6.34. The van der Waals surface area contributed by atoms with Gasteiger partial charge in [-0.1, -0.05) is 12.8 Å². The van der Waals surface area contributed by atoms with Crippen LogP contribution in [0.1, 0.15) is 84.9 Å². The van der Waals surface area contributed by atoms with Gasteiger partial charge in [0.05, 0.1) is 22.5 Å². The normalized spacial score (nSPS) is 28.3. The highest BCUT2D eigenvalue weighted by Crippen LogP contribution is 2.39. The van der Waals surface area contributed by atoms with E-state index in [1.807, 2.05) is 11.9 Å². The molecule has 0 bridgehead atoms. The van der Waals surface area contributed by atoms with Crippen molar-refractivity contribution in [2.75, 3.05) is 17.7 Å². The van der Waals surface area contributed by atoms with E-state index in [1.54, 1.807) is 12.1 Å². The number of alkyl halides is 2. The van der Waals surface area contributed by atoms with E-state index in [2.05, 4.69) is 10.6 Å². The number of nitrogens with zero attached hydrogens (tertiary/aromatic N) is 2. The number of halogens is 2. The van der Waals surface area contributed by atoms with Gasteiger partial charge in [0.1, 0.15) is 6.04 Å². The number of fused-ring (bicyclic) bond motifs is 1. The van der Waals surface area contributed by atoms with Crippen molar-refractivity contribution in [3.8, 4) is 0 Å². The maximum Gasteiger partial charge on any atom is 0.264 e. The molecule has 3 unspecified atom stereocenters. The SMILES string of the molecule is CN(c1ccc2c(c1N)C(=O)N(C1CCC(=O)NC1=O)C2=O)C1CCCCC1NC1CCC(F)(F)CC1. The van der Waals surface area contributed by atoms with Crippen LogP contribution in [0.4, 0.5) is 20.2 Å². The molecule has 0 spiro atoms. The standard InChI is InChI=1S/C26H33F2N5O4/c1-32(17-5-3-2-4-16(17)30-14-10-12-26(27,28)13-11-14)18-7-6-15-21(22(18)29)25(37)33(24(15)36)19-8-9-20(34)31-23(19)35/h6-7,14,16-17,19,30H,2-5,8-13,29H2,1H3,(H,31,34,35). The summed E-state index contributed by atoms with van der Waals surface area (Å²) in [6.07, 6.45) is 4.63. The Morgan fingerprint density at radius 3 is 2.43 bits per heavy atom. The summed E-state index contributed by atoms with van der Waals surface area (Å²) in [7, 11) is 1.90. The smallest absolute Gasteiger partial charge is 0.264 e. The van der Waals surface area contributed by atoms with Crippen molar-refractivity contribution < 1.29 is 28.0 Å². The predicted molar refractivity (Wildman–Crippen MR) is 132 cm³/mol. The molecule has 4 aliphatic rings. The molecule has 2 saturated carbocycles. The molecule has 0 aromatic heterocycles. The number of anilines is 2. The minimum atomic E-state index is -2.58. The lowest BCUT2D eigenvalue weighted by molar-refractivity contribution is -0.136. The summed E-state index contributed by atoms with van der Waals surface area (Å²) in [5.41, 5.74) is 7.51. The van der Waals surface area contributed by atoms with Gasteiger partial charge in [-0.15, -0.1) is 0 Å². The van der Waals surface area contributed by atoms with Gasteiger partial charge in [-0.3, -0.25) is 29.4 Å². The lowest BCUT2D eigenvalue weighted by Crippen LogP contribution is -2.54. The van der Waals surface area contributed by atoms with Gasteiger partial charge in [0, 0.05) is 44.4 Å². The number of nitrogens with two attached hydrogens (primary N) is 1. The minimum absolute atomic E-state index is 0.0370. The molecule has 2 heterocycles. The maximum absolute atomic E-state index is 13.6. The molecule has 9 nitrogen and oxygen atoms in total. The summed E-state index contributed by atoms with van der Waals surface area (Å²) in [6.45, 7) is 0. The first-order valence-electron chi connectivity index (χ1n) is 13.1. The van der Waals surface area contributed by atoms with Crippen LogP contribution in [-0.2, 0) is 9.59 Å². The molecule has 0 radical (unpaired) electrons. The average Bonchev–Trinajstić information content (AvgIpc) is 3.11. The number of nitrogen functional groups attached to an aromatic ring is 1. The van der Waals surface area contributed by atoms with Crippen LogP contribution < -0.4 is 21.3 Å². The van der Waals surface area contributed by atoms with Crippen molar-refractivity contribution in [3.63, 3.8) is 0 Å². The zero-order valence-electron chi connectivity index (χ0n) is 20.9. The lowest BCUT2D eigenvalue weighted by Gasteiger charge is -2.42. The Balaban J connectivity index is 1.36. The summed E-state index contributed by atoms with van der Waals surface area (Å²) < 4.78 is 27.3. The summed E-state index contributed by atoms with van der Waals surface area (Å²) >= 11 is 0. The van der Waals surface area contributed by atoms with Crippen molar-refractivity contribution in [1.82, 2.24) is 15.5 Å². The summed E-state index contributed by atoms with van der Waals surface area (Å²) in [4.78, 5) is 53.3. The van der Waals surface area contributed by atoms with E-state index in [0.717, 1.165) is 30.6 Å². The molecule has 1 aromatic rings. The van der Waals surface area contributed by atoms with Gasteiger partial charge in [0.25, 0.3) is 11.8 Å². The largest absolute Gasteiger partial charge is 0.396 e.